The highest BCUT2D eigenvalue weighted by atomic mass is 32.2. The number of aryl methyl sites for hydroxylation is 2. The Balaban J connectivity index is 2.04. The number of nitrogens with one attached hydrogen (secondary N) is 1. The zero-order valence-corrected chi connectivity index (χ0v) is 13.9. The Kier molecular flexibility index (Phi) is 5.00. The number of hydrogen-bond donors (Lipinski definition) is 1. The topological polar surface area (TPSA) is 49.4 Å². The van der Waals surface area contributed by atoms with Crippen LogP contribution in [0.5, 0.6) is 0 Å². The average Bonchev–Trinajstić information content (AvgIpc) is 2.70. The van der Waals surface area contributed by atoms with Crippen molar-refractivity contribution in [1.29, 1.82) is 0 Å². The molecular formula is C15H18N2O2S2. The molecule has 0 saturated carbocycles. The maximum absolute atomic E-state index is 12.1. The zero-order valence-electron chi connectivity index (χ0n) is 12.3. The number of carbonyl (C=O) groups excluding carboxylic acids is 2. The van der Waals surface area contributed by atoms with Crippen molar-refractivity contribution in [2.45, 2.75) is 32.4 Å². The number of nitrogens with zero attached hydrogens (tertiary/aromatic N) is 1. The Morgan fingerprint density at radius 1 is 1.43 bits per heavy atom. The van der Waals surface area contributed by atoms with Crippen LogP contribution in [0, 0.1) is 13.8 Å². The Morgan fingerprint density at radius 2 is 2.14 bits per heavy atom. The minimum atomic E-state index is -0.225. The molecule has 1 heterocycles. The molecular weight excluding hydrogens is 304 g/mol. The van der Waals surface area contributed by atoms with Crippen LogP contribution in [-0.2, 0) is 9.59 Å². The predicted molar refractivity (Wildman–Crippen MR) is 90.5 cm³/mol. The third-order valence-corrected chi connectivity index (χ3v) is 5.10. The largest absolute Gasteiger partial charge is 0.324 e. The Bertz CT molecular complexity index is 601. The molecule has 1 N–H and O–H groups in total. The standard InChI is InChI=1S/C15H18N2O2S2/c1-4-12-14(19)17(15(20)21-12)8-13(18)16-11-7-9(2)5-6-10(11)3/h5-7,12H,4,8H2,1-3H3,(H,16,18). The number of thioether (sulfide) groups is 1. The van der Waals surface area contributed by atoms with E-state index in [0.717, 1.165) is 23.2 Å². The molecule has 1 atom stereocenters. The van der Waals surface area contributed by atoms with Gasteiger partial charge in [-0.05, 0) is 37.5 Å². The number of benzene rings is 1. The number of anilines is 1. The van der Waals surface area contributed by atoms with E-state index in [9.17, 15) is 9.59 Å². The summed E-state index contributed by atoms with van der Waals surface area (Å²) in [5.41, 5.74) is 2.84. The number of thiocarbonyl (C=S) groups is 1. The Morgan fingerprint density at radius 3 is 2.76 bits per heavy atom. The van der Waals surface area contributed by atoms with Gasteiger partial charge in [-0.15, -0.1) is 0 Å². The number of rotatable bonds is 4. The fourth-order valence-corrected chi connectivity index (χ4v) is 3.53. The van der Waals surface area contributed by atoms with Crippen LogP contribution in [0.4, 0.5) is 5.69 Å². The molecule has 1 aliphatic rings. The highest BCUT2D eigenvalue weighted by Gasteiger charge is 2.36. The number of amides is 2. The number of hydrogen-bond acceptors (Lipinski definition) is 4. The van der Waals surface area contributed by atoms with Crippen molar-refractivity contribution in [1.82, 2.24) is 4.90 Å². The average molecular weight is 322 g/mol. The molecule has 1 aliphatic heterocycles. The maximum atomic E-state index is 12.1. The summed E-state index contributed by atoms with van der Waals surface area (Å²) in [6.45, 7) is 5.83. The molecule has 1 aromatic carbocycles. The quantitative estimate of drug-likeness (QED) is 0.866. The molecule has 0 bridgehead atoms. The lowest BCUT2D eigenvalue weighted by molar-refractivity contribution is -0.129. The molecule has 0 aliphatic carbocycles. The summed E-state index contributed by atoms with van der Waals surface area (Å²) in [7, 11) is 0. The first kappa shape index (κ1) is 16.0. The first-order valence-electron chi connectivity index (χ1n) is 6.81. The summed E-state index contributed by atoms with van der Waals surface area (Å²) in [6.07, 6.45) is 0.721. The van der Waals surface area contributed by atoms with Gasteiger partial charge < -0.3 is 5.32 Å². The third kappa shape index (κ3) is 3.63. The van der Waals surface area contributed by atoms with Crippen molar-refractivity contribution in [2.24, 2.45) is 0 Å². The monoisotopic (exact) mass is 322 g/mol. The second kappa shape index (κ2) is 6.58. The van der Waals surface area contributed by atoms with Crippen LogP contribution in [-0.4, -0.2) is 32.8 Å². The minimum absolute atomic E-state index is 0.0193. The Hall–Kier alpha value is -1.40. The molecule has 1 fully saturated rings. The van der Waals surface area contributed by atoms with E-state index in [1.165, 1.54) is 16.7 Å². The van der Waals surface area contributed by atoms with Crippen molar-refractivity contribution < 1.29 is 9.59 Å². The van der Waals surface area contributed by atoms with E-state index < -0.39 is 0 Å². The molecule has 4 nitrogen and oxygen atoms in total. The van der Waals surface area contributed by atoms with Gasteiger partial charge in [0.2, 0.25) is 11.8 Å². The summed E-state index contributed by atoms with van der Waals surface area (Å²) >= 11 is 6.54. The molecule has 6 heteroatoms. The molecule has 2 rings (SSSR count). The second-order valence-corrected chi connectivity index (χ2v) is 6.91. The van der Waals surface area contributed by atoms with Gasteiger partial charge in [0.25, 0.3) is 0 Å². The zero-order chi connectivity index (χ0) is 15.6. The van der Waals surface area contributed by atoms with Gasteiger partial charge in [-0.3, -0.25) is 14.5 Å². The van der Waals surface area contributed by atoms with Crippen molar-refractivity contribution in [3.8, 4) is 0 Å². The molecule has 1 unspecified atom stereocenters. The van der Waals surface area contributed by atoms with Gasteiger partial charge in [-0.25, -0.2) is 0 Å². The maximum Gasteiger partial charge on any atom is 0.244 e. The summed E-state index contributed by atoms with van der Waals surface area (Å²) < 4.78 is 0.489. The van der Waals surface area contributed by atoms with E-state index in [-0.39, 0.29) is 23.6 Å². The van der Waals surface area contributed by atoms with Gasteiger partial charge in [0.05, 0.1) is 5.25 Å². The fraction of sp³-hybridized carbons (Fsp3) is 0.400. The SMILES string of the molecule is CCC1SC(=S)N(CC(=O)Nc2cc(C)ccc2C)C1=O. The molecule has 1 aromatic rings. The lowest BCUT2D eigenvalue weighted by atomic mass is 10.1. The van der Waals surface area contributed by atoms with E-state index in [1.807, 2.05) is 39.0 Å². The molecule has 0 radical (unpaired) electrons. The fourth-order valence-electron chi connectivity index (χ4n) is 2.10. The number of carbonyl (C=O) groups is 2. The molecule has 2 amide bonds. The van der Waals surface area contributed by atoms with Gasteiger partial charge in [0.15, 0.2) is 0 Å². The van der Waals surface area contributed by atoms with Crippen LogP contribution in [0.25, 0.3) is 0 Å². The lowest BCUT2D eigenvalue weighted by Crippen LogP contribution is -2.38. The first-order valence-corrected chi connectivity index (χ1v) is 8.10. The van der Waals surface area contributed by atoms with Crippen LogP contribution in [0.15, 0.2) is 18.2 Å². The van der Waals surface area contributed by atoms with Crippen LogP contribution in [0.1, 0.15) is 24.5 Å². The van der Waals surface area contributed by atoms with E-state index in [4.69, 9.17) is 12.2 Å². The van der Waals surface area contributed by atoms with Crippen molar-refractivity contribution in [2.75, 3.05) is 11.9 Å². The summed E-state index contributed by atoms with van der Waals surface area (Å²) in [6, 6.07) is 5.87. The van der Waals surface area contributed by atoms with Crippen LogP contribution >= 0.6 is 24.0 Å². The van der Waals surface area contributed by atoms with Gasteiger partial charge in [-0.2, -0.15) is 0 Å². The van der Waals surface area contributed by atoms with E-state index in [2.05, 4.69) is 5.32 Å². The molecule has 21 heavy (non-hydrogen) atoms. The van der Waals surface area contributed by atoms with E-state index >= 15 is 0 Å². The van der Waals surface area contributed by atoms with Gasteiger partial charge in [-0.1, -0.05) is 43.0 Å². The lowest BCUT2D eigenvalue weighted by Gasteiger charge is -2.16. The minimum Gasteiger partial charge on any atom is -0.324 e. The first-order chi connectivity index (χ1) is 9.92. The highest BCUT2D eigenvalue weighted by Crippen LogP contribution is 2.29. The van der Waals surface area contributed by atoms with Gasteiger partial charge >= 0.3 is 0 Å². The van der Waals surface area contributed by atoms with Crippen LogP contribution in [0.3, 0.4) is 0 Å². The molecule has 0 spiro atoms. The van der Waals surface area contributed by atoms with Gasteiger partial charge in [0, 0.05) is 5.69 Å². The van der Waals surface area contributed by atoms with E-state index in [0.29, 0.717) is 4.32 Å². The summed E-state index contributed by atoms with van der Waals surface area (Å²) in [5, 5.41) is 2.70. The van der Waals surface area contributed by atoms with Gasteiger partial charge in [0.1, 0.15) is 10.9 Å². The van der Waals surface area contributed by atoms with E-state index in [1.54, 1.807) is 0 Å². The van der Waals surface area contributed by atoms with Crippen molar-refractivity contribution >= 4 is 45.8 Å². The highest BCUT2D eigenvalue weighted by molar-refractivity contribution is 8.24. The summed E-state index contributed by atoms with van der Waals surface area (Å²) in [4.78, 5) is 25.6. The van der Waals surface area contributed by atoms with Crippen molar-refractivity contribution in [3.05, 3.63) is 29.3 Å². The molecule has 112 valence electrons. The van der Waals surface area contributed by atoms with Crippen molar-refractivity contribution in [3.63, 3.8) is 0 Å². The second-order valence-electron chi connectivity index (χ2n) is 5.07. The smallest absolute Gasteiger partial charge is 0.244 e. The van der Waals surface area contributed by atoms with Crippen LogP contribution < -0.4 is 5.32 Å². The third-order valence-electron chi connectivity index (χ3n) is 3.34. The summed E-state index contributed by atoms with van der Waals surface area (Å²) in [5.74, 6) is -0.291. The van der Waals surface area contributed by atoms with Crippen LogP contribution in [0.2, 0.25) is 0 Å². The molecule has 1 saturated heterocycles. The normalized spacial score (nSPS) is 18.2. The Labute approximate surface area is 134 Å². The molecule has 0 aromatic heterocycles. The predicted octanol–water partition coefficient (Wildman–Crippen LogP) is 2.88.